The van der Waals surface area contributed by atoms with Gasteiger partial charge in [0.2, 0.25) is 0 Å². The van der Waals surface area contributed by atoms with Crippen LogP contribution in [-0.4, -0.2) is 42.8 Å². The average molecular weight is 351 g/mol. The monoisotopic (exact) mass is 351 g/mol. The van der Waals surface area contributed by atoms with E-state index in [4.69, 9.17) is 4.74 Å². The first-order valence-electron chi connectivity index (χ1n) is 8.48. The predicted octanol–water partition coefficient (Wildman–Crippen LogP) is 4.04. The van der Waals surface area contributed by atoms with E-state index in [0.29, 0.717) is 31.5 Å². The molecular weight excluding hydrogens is 325 g/mol. The Morgan fingerprint density at radius 2 is 1.80 bits per heavy atom. The van der Waals surface area contributed by atoms with Gasteiger partial charge in [-0.2, -0.15) is 0 Å². The molecule has 1 aromatic rings. The van der Waals surface area contributed by atoms with Crippen LogP contribution in [0.2, 0.25) is 0 Å². The van der Waals surface area contributed by atoms with Crippen LogP contribution in [0.15, 0.2) is 12.1 Å². The van der Waals surface area contributed by atoms with Crippen molar-refractivity contribution in [2.24, 2.45) is 0 Å². The van der Waals surface area contributed by atoms with Crippen LogP contribution < -0.4 is 0 Å². The van der Waals surface area contributed by atoms with Gasteiger partial charge >= 0.3 is 12.1 Å². The third kappa shape index (κ3) is 4.71. The van der Waals surface area contributed by atoms with Crippen molar-refractivity contribution in [3.8, 4) is 0 Å². The summed E-state index contributed by atoms with van der Waals surface area (Å²) in [5.41, 5.74) is 1.04. The maximum absolute atomic E-state index is 14.6. The molecule has 138 valence electrons. The number of carbonyl (C=O) groups excluding carboxylic acids is 2. The Labute approximate surface area is 148 Å². The van der Waals surface area contributed by atoms with Crippen molar-refractivity contribution in [3.05, 3.63) is 34.6 Å². The van der Waals surface area contributed by atoms with E-state index in [0.717, 1.165) is 5.56 Å². The lowest BCUT2D eigenvalue weighted by atomic mass is 9.86. The molecular formula is C19H26FNO4. The van der Waals surface area contributed by atoms with Crippen molar-refractivity contribution in [3.63, 3.8) is 0 Å². The van der Waals surface area contributed by atoms with Gasteiger partial charge in [-0.05, 0) is 69.7 Å². The van der Waals surface area contributed by atoms with Crippen LogP contribution in [0.4, 0.5) is 9.18 Å². The number of halogens is 1. The van der Waals surface area contributed by atoms with Gasteiger partial charge < -0.3 is 14.4 Å². The molecule has 0 aromatic heterocycles. The molecule has 0 spiro atoms. The van der Waals surface area contributed by atoms with Crippen molar-refractivity contribution in [1.82, 2.24) is 4.90 Å². The van der Waals surface area contributed by atoms with Crippen LogP contribution in [0, 0.1) is 12.7 Å². The second-order valence-electron chi connectivity index (χ2n) is 7.42. The number of hydrogen-bond acceptors (Lipinski definition) is 4. The summed E-state index contributed by atoms with van der Waals surface area (Å²) in [5, 5.41) is 0. The molecule has 0 aliphatic carbocycles. The van der Waals surface area contributed by atoms with Gasteiger partial charge in [0.25, 0.3) is 0 Å². The van der Waals surface area contributed by atoms with E-state index in [1.165, 1.54) is 13.2 Å². The number of nitrogens with zero attached hydrogens (tertiary/aromatic N) is 1. The molecule has 0 radical (unpaired) electrons. The summed E-state index contributed by atoms with van der Waals surface area (Å²) in [6.07, 6.45) is 0.993. The molecule has 5 nitrogen and oxygen atoms in total. The fourth-order valence-corrected chi connectivity index (χ4v) is 3.19. The lowest BCUT2D eigenvalue weighted by molar-refractivity contribution is 0.0204. The Morgan fingerprint density at radius 1 is 1.20 bits per heavy atom. The number of carbonyl (C=O) groups is 2. The van der Waals surface area contributed by atoms with Crippen molar-refractivity contribution >= 4 is 12.1 Å². The molecule has 1 aliphatic heterocycles. The number of benzene rings is 1. The highest BCUT2D eigenvalue weighted by Gasteiger charge is 2.29. The van der Waals surface area contributed by atoms with Crippen molar-refractivity contribution in [1.29, 1.82) is 0 Å². The van der Waals surface area contributed by atoms with E-state index in [1.807, 2.05) is 20.8 Å². The first kappa shape index (κ1) is 19.2. The van der Waals surface area contributed by atoms with Crippen LogP contribution in [0.1, 0.15) is 61.0 Å². The molecule has 0 atom stereocenters. The number of amides is 1. The molecule has 0 bridgehead atoms. The van der Waals surface area contributed by atoms with Gasteiger partial charge in [0.05, 0.1) is 12.7 Å². The molecule has 0 unspecified atom stereocenters. The fourth-order valence-electron chi connectivity index (χ4n) is 3.19. The Kier molecular flexibility index (Phi) is 5.70. The van der Waals surface area contributed by atoms with Gasteiger partial charge in [0.1, 0.15) is 11.4 Å². The number of ether oxygens (including phenoxy) is 2. The SMILES string of the molecule is COC(=O)c1cc(C)c(C2CCN(C(=O)OC(C)(C)C)CC2)c(F)c1. The Bertz CT molecular complexity index is 635. The highest BCUT2D eigenvalue weighted by atomic mass is 19.1. The summed E-state index contributed by atoms with van der Waals surface area (Å²) < 4.78 is 24.6. The third-order valence-corrected chi connectivity index (χ3v) is 4.31. The zero-order valence-electron chi connectivity index (χ0n) is 15.5. The number of rotatable bonds is 2. The molecule has 1 heterocycles. The number of piperidine rings is 1. The van der Waals surface area contributed by atoms with E-state index < -0.39 is 17.4 Å². The maximum Gasteiger partial charge on any atom is 0.410 e. The van der Waals surface area contributed by atoms with Crippen molar-refractivity contribution in [2.45, 2.75) is 52.1 Å². The van der Waals surface area contributed by atoms with Gasteiger partial charge in [0, 0.05) is 13.1 Å². The summed E-state index contributed by atoms with van der Waals surface area (Å²) in [5.74, 6) is -0.921. The summed E-state index contributed by atoms with van der Waals surface area (Å²) in [4.78, 5) is 25.4. The zero-order valence-corrected chi connectivity index (χ0v) is 15.5. The minimum Gasteiger partial charge on any atom is -0.465 e. The molecule has 1 fully saturated rings. The minimum atomic E-state index is -0.548. The first-order valence-corrected chi connectivity index (χ1v) is 8.48. The third-order valence-electron chi connectivity index (χ3n) is 4.31. The van der Waals surface area contributed by atoms with E-state index in [-0.39, 0.29) is 17.6 Å². The van der Waals surface area contributed by atoms with E-state index >= 15 is 0 Å². The smallest absolute Gasteiger partial charge is 0.410 e. The second-order valence-corrected chi connectivity index (χ2v) is 7.42. The molecule has 0 saturated carbocycles. The Hall–Kier alpha value is -2.11. The van der Waals surface area contributed by atoms with Crippen LogP contribution in [0.5, 0.6) is 0 Å². The fraction of sp³-hybridized carbons (Fsp3) is 0.579. The maximum atomic E-state index is 14.6. The van der Waals surface area contributed by atoms with Gasteiger partial charge in [-0.15, -0.1) is 0 Å². The lowest BCUT2D eigenvalue weighted by Crippen LogP contribution is -2.41. The van der Waals surface area contributed by atoms with Crippen molar-refractivity contribution in [2.75, 3.05) is 20.2 Å². The highest BCUT2D eigenvalue weighted by Crippen LogP contribution is 2.33. The quantitative estimate of drug-likeness (QED) is 0.755. The Balaban J connectivity index is 2.08. The van der Waals surface area contributed by atoms with Gasteiger partial charge in [-0.25, -0.2) is 14.0 Å². The molecule has 1 aromatic carbocycles. The zero-order chi connectivity index (χ0) is 18.8. The molecule has 6 heteroatoms. The van der Waals surface area contributed by atoms with Crippen LogP contribution in [-0.2, 0) is 9.47 Å². The average Bonchev–Trinajstić information content (AvgIpc) is 2.52. The number of methoxy groups -OCH3 is 1. The number of aryl methyl sites for hydroxylation is 1. The summed E-state index contributed by atoms with van der Waals surface area (Å²) in [6, 6.07) is 2.89. The van der Waals surface area contributed by atoms with Crippen LogP contribution >= 0.6 is 0 Å². The molecule has 2 rings (SSSR count). The second kappa shape index (κ2) is 7.42. The molecule has 1 aliphatic rings. The number of esters is 1. The minimum absolute atomic E-state index is 0.0189. The van der Waals surface area contributed by atoms with Crippen molar-refractivity contribution < 1.29 is 23.5 Å². The van der Waals surface area contributed by atoms with Gasteiger partial charge in [-0.1, -0.05) is 0 Å². The predicted molar refractivity (Wildman–Crippen MR) is 92.3 cm³/mol. The standard InChI is InChI=1S/C19H26FNO4/c1-12-10-14(17(22)24-5)11-15(20)16(12)13-6-8-21(9-7-13)18(23)25-19(2,3)4/h10-11,13H,6-9H2,1-5H3. The topological polar surface area (TPSA) is 55.8 Å². The molecule has 0 N–H and O–H groups in total. The summed E-state index contributed by atoms with van der Waals surface area (Å²) >= 11 is 0. The number of likely N-dealkylation sites (tertiary alicyclic amines) is 1. The molecule has 25 heavy (non-hydrogen) atoms. The van der Waals surface area contributed by atoms with Crippen LogP contribution in [0.3, 0.4) is 0 Å². The first-order chi connectivity index (χ1) is 11.6. The van der Waals surface area contributed by atoms with Crippen LogP contribution in [0.25, 0.3) is 0 Å². The summed E-state index contributed by atoms with van der Waals surface area (Å²) in [6.45, 7) is 8.34. The van der Waals surface area contributed by atoms with Gasteiger partial charge in [0.15, 0.2) is 0 Å². The van der Waals surface area contributed by atoms with E-state index in [9.17, 15) is 14.0 Å². The largest absolute Gasteiger partial charge is 0.465 e. The lowest BCUT2D eigenvalue weighted by Gasteiger charge is -2.34. The highest BCUT2D eigenvalue weighted by molar-refractivity contribution is 5.89. The normalized spacial score (nSPS) is 15.8. The van der Waals surface area contributed by atoms with E-state index in [1.54, 1.807) is 17.9 Å². The summed E-state index contributed by atoms with van der Waals surface area (Å²) in [7, 11) is 1.27. The van der Waals surface area contributed by atoms with Gasteiger partial charge in [-0.3, -0.25) is 0 Å². The molecule has 1 amide bonds. The molecule has 1 saturated heterocycles. The Morgan fingerprint density at radius 3 is 2.28 bits per heavy atom. The number of hydrogen-bond donors (Lipinski definition) is 0. The van der Waals surface area contributed by atoms with E-state index in [2.05, 4.69) is 4.74 Å².